The van der Waals surface area contributed by atoms with Crippen LogP contribution in [0.5, 0.6) is 5.75 Å². The Hall–Kier alpha value is -1.26. The zero-order valence-corrected chi connectivity index (χ0v) is 13.4. The number of carbonyl (C=O) groups excluding carboxylic acids is 1. The highest BCUT2D eigenvalue weighted by atomic mass is 35.5. The Balaban J connectivity index is 2.87. The van der Waals surface area contributed by atoms with Gasteiger partial charge in [-0.2, -0.15) is 0 Å². The Labute approximate surface area is 125 Å². The van der Waals surface area contributed by atoms with Crippen LogP contribution in [0.15, 0.2) is 18.2 Å². The average Bonchev–Trinajstić information content (AvgIpc) is 2.36. The molecular formula is C15H22ClNO3. The molecule has 0 aliphatic carbocycles. The van der Waals surface area contributed by atoms with E-state index >= 15 is 0 Å². The molecule has 1 N–H and O–H groups in total. The van der Waals surface area contributed by atoms with E-state index in [0.29, 0.717) is 17.3 Å². The first-order valence-electron chi connectivity index (χ1n) is 6.51. The third-order valence-corrected chi connectivity index (χ3v) is 2.90. The third-order valence-electron chi connectivity index (χ3n) is 2.67. The Kier molecular flexibility index (Phi) is 5.84. The second kappa shape index (κ2) is 6.95. The van der Waals surface area contributed by atoms with Gasteiger partial charge in [0.2, 0.25) is 0 Å². The van der Waals surface area contributed by atoms with E-state index in [1.165, 1.54) is 7.11 Å². The van der Waals surface area contributed by atoms with Crippen molar-refractivity contribution in [1.82, 2.24) is 5.32 Å². The van der Waals surface area contributed by atoms with Gasteiger partial charge in [-0.1, -0.05) is 11.6 Å². The lowest BCUT2D eigenvalue weighted by molar-refractivity contribution is -0.147. The predicted octanol–water partition coefficient (Wildman–Crippen LogP) is 3.17. The van der Waals surface area contributed by atoms with Crippen LogP contribution in [-0.4, -0.2) is 24.7 Å². The van der Waals surface area contributed by atoms with E-state index in [1.807, 2.05) is 6.07 Å². The van der Waals surface area contributed by atoms with Crippen LogP contribution in [0.1, 0.15) is 33.3 Å². The summed E-state index contributed by atoms with van der Waals surface area (Å²) in [6, 6.07) is 5.34. The molecule has 0 saturated carbocycles. The smallest absolute Gasteiger partial charge is 0.346 e. The first kappa shape index (κ1) is 16.8. The second-order valence-electron chi connectivity index (χ2n) is 5.64. The second-order valence-corrected chi connectivity index (χ2v) is 6.08. The largest absolute Gasteiger partial charge is 0.479 e. The maximum absolute atomic E-state index is 11.4. The minimum atomic E-state index is -0.658. The van der Waals surface area contributed by atoms with Gasteiger partial charge in [0.15, 0.2) is 6.10 Å². The summed E-state index contributed by atoms with van der Waals surface area (Å²) < 4.78 is 10.3. The van der Waals surface area contributed by atoms with Gasteiger partial charge in [0, 0.05) is 22.7 Å². The number of halogens is 1. The van der Waals surface area contributed by atoms with Crippen LogP contribution in [0.3, 0.4) is 0 Å². The summed E-state index contributed by atoms with van der Waals surface area (Å²) in [6.45, 7) is 8.49. The summed E-state index contributed by atoms with van der Waals surface area (Å²) in [5.74, 6) is 0.221. The number of nitrogens with one attached hydrogen (secondary N) is 1. The van der Waals surface area contributed by atoms with Crippen LogP contribution in [0, 0.1) is 0 Å². The molecule has 0 saturated heterocycles. The minimum absolute atomic E-state index is 0.0203. The van der Waals surface area contributed by atoms with Crippen molar-refractivity contribution < 1.29 is 14.3 Å². The summed E-state index contributed by atoms with van der Waals surface area (Å²) in [6.07, 6.45) is -0.658. The number of methoxy groups -OCH3 is 1. The van der Waals surface area contributed by atoms with Crippen molar-refractivity contribution in [2.24, 2.45) is 0 Å². The molecule has 0 fully saturated rings. The molecule has 0 bridgehead atoms. The molecule has 0 aliphatic heterocycles. The molecule has 0 radical (unpaired) electrons. The average molecular weight is 300 g/mol. The number of benzene rings is 1. The zero-order chi connectivity index (χ0) is 15.3. The standard InChI is InChI=1S/C15H22ClNO3/c1-10(14(18)19-5)20-13-7-6-12(16)8-11(13)9-17-15(2,3)4/h6-8,10,17H,9H2,1-5H3. The van der Waals surface area contributed by atoms with Crippen molar-refractivity contribution in [1.29, 1.82) is 0 Å². The van der Waals surface area contributed by atoms with Gasteiger partial charge < -0.3 is 14.8 Å². The summed E-state index contributed by atoms with van der Waals surface area (Å²) in [7, 11) is 1.34. The van der Waals surface area contributed by atoms with Gasteiger partial charge in [-0.3, -0.25) is 0 Å². The van der Waals surface area contributed by atoms with E-state index in [0.717, 1.165) is 5.56 Å². The molecule has 5 heteroatoms. The summed E-state index contributed by atoms with van der Waals surface area (Å²) >= 11 is 6.02. The Morgan fingerprint density at radius 2 is 2.05 bits per heavy atom. The lowest BCUT2D eigenvalue weighted by atomic mass is 10.1. The fourth-order valence-corrected chi connectivity index (χ4v) is 1.76. The Morgan fingerprint density at radius 3 is 2.60 bits per heavy atom. The highest BCUT2D eigenvalue weighted by Crippen LogP contribution is 2.24. The number of ether oxygens (including phenoxy) is 2. The summed E-state index contributed by atoms with van der Waals surface area (Å²) in [5, 5.41) is 4.00. The minimum Gasteiger partial charge on any atom is -0.479 e. The topological polar surface area (TPSA) is 47.6 Å². The number of rotatable bonds is 5. The lowest BCUT2D eigenvalue weighted by Crippen LogP contribution is -2.35. The van der Waals surface area contributed by atoms with Gasteiger partial charge >= 0.3 is 5.97 Å². The van der Waals surface area contributed by atoms with Crippen LogP contribution >= 0.6 is 11.6 Å². The number of hydrogen-bond acceptors (Lipinski definition) is 4. The van der Waals surface area contributed by atoms with Gasteiger partial charge in [-0.15, -0.1) is 0 Å². The molecule has 1 aromatic carbocycles. The van der Waals surface area contributed by atoms with Crippen LogP contribution < -0.4 is 10.1 Å². The van der Waals surface area contributed by atoms with Crippen LogP contribution in [0.2, 0.25) is 5.02 Å². The first-order valence-corrected chi connectivity index (χ1v) is 6.88. The molecule has 1 atom stereocenters. The van der Waals surface area contributed by atoms with Crippen LogP contribution in [0.25, 0.3) is 0 Å². The third kappa shape index (κ3) is 5.39. The number of esters is 1. The van der Waals surface area contributed by atoms with E-state index in [-0.39, 0.29) is 5.54 Å². The molecule has 0 aromatic heterocycles. The predicted molar refractivity (Wildman–Crippen MR) is 80.2 cm³/mol. The molecule has 0 aliphatic rings. The van der Waals surface area contributed by atoms with Gasteiger partial charge in [0.25, 0.3) is 0 Å². The molecule has 20 heavy (non-hydrogen) atoms. The molecule has 0 spiro atoms. The van der Waals surface area contributed by atoms with Crippen molar-refractivity contribution in [2.45, 2.75) is 45.9 Å². The van der Waals surface area contributed by atoms with Gasteiger partial charge in [-0.05, 0) is 45.9 Å². The van der Waals surface area contributed by atoms with Crippen molar-refractivity contribution in [3.05, 3.63) is 28.8 Å². The maximum Gasteiger partial charge on any atom is 0.346 e. The molecule has 0 amide bonds. The quantitative estimate of drug-likeness (QED) is 0.848. The van der Waals surface area contributed by atoms with E-state index in [2.05, 4.69) is 30.8 Å². The maximum atomic E-state index is 11.4. The molecule has 0 heterocycles. The van der Waals surface area contributed by atoms with Gasteiger partial charge in [-0.25, -0.2) is 4.79 Å². The zero-order valence-electron chi connectivity index (χ0n) is 12.6. The Bertz CT molecular complexity index is 469. The van der Waals surface area contributed by atoms with Crippen LogP contribution in [0.4, 0.5) is 0 Å². The summed E-state index contributed by atoms with van der Waals surface area (Å²) in [5.41, 5.74) is 0.885. The first-order chi connectivity index (χ1) is 9.23. The molecule has 1 unspecified atom stereocenters. The highest BCUT2D eigenvalue weighted by molar-refractivity contribution is 6.30. The normalized spacial score (nSPS) is 12.9. The molecule has 1 rings (SSSR count). The molecule has 1 aromatic rings. The molecular weight excluding hydrogens is 278 g/mol. The van der Waals surface area contributed by atoms with Gasteiger partial charge in [0.05, 0.1) is 7.11 Å². The van der Waals surface area contributed by atoms with Crippen molar-refractivity contribution in [3.8, 4) is 5.75 Å². The Morgan fingerprint density at radius 1 is 1.40 bits per heavy atom. The fraction of sp³-hybridized carbons (Fsp3) is 0.533. The van der Waals surface area contributed by atoms with Crippen LogP contribution in [-0.2, 0) is 16.1 Å². The highest BCUT2D eigenvalue weighted by Gasteiger charge is 2.17. The lowest BCUT2D eigenvalue weighted by Gasteiger charge is -2.22. The van der Waals surface area contributed by atoms with Gasteiger partial charge in [0.1, 0.15) is 5.75 Å². The number of carbonyl (C=O) groups is 1. The monoisotopic (exact) mass is 299 g/mol. The van der Waals surface area contributed by atoms with Crippen molar-refractivity contribution in [2.75, 3.05) is 7.11 Å². The molecule has 4 nitrogen and oxygen atoms in total. The summed E-state index contributed by atoms with van der Waals surface area (Å²) in [4.78, 5) is 11.4. The number of hydrogen-bond donors (Lipinski definition) is 1. The van der Waals surface area contributed by atoms with Crippen molar-refractivity contribution in [3.63, 3.8) is 0 Å². The van der Waals surface area contributed by atoms with E-state index in [4.69, 9.17) is 16.3 Å². The molecule has 112 valence electrons. The fourth-order valence-electron chi connectivity index (χ4n) is 1.57. The SMILES string of the molecule is COC(=O)C(C)Oc1ccc(Cl)cc1CNC(C)(C)C. The van der Waals surface area contributed by atoms with E-state index < -0.39 is 12.1 Å². The van der Waals surface area contributed by atoms with E-state index in [1.54, 1.807) is 19.1 Å². The van der Waals surface area contributed by atoms with E-state index in [9.17, 15) is 4.79 Å². The van der Waals surface area contributed by atoms with Crippen molar-refractivity contribution >= 4 is 17.6 Å².